The Morgan fingerprint density at radius 2 is 2.16 bits per heavy atom. The standard InChI is InChI=1S/C17H20N5O2P/c23-15(24)7-14(11-3-1-2-4-11)21-9-12(8-20-21)16-13-5-6-22(25)17(13)19-10-18-16/h5-6,8-11,14H,1-4,7,25H2,(H,23,24)/t14-/m1/s1. The molecule has 1 N–H and O–H groups in total. The van der Waals surface area contributed by atoms with Gasteiger partial charge < -0.3 is 9.44 Å². The van der Waals surface area contributed by atoms with Crippen LogP contribution in [0, 0.1) is 5.92 Å². The van der Waals surface area contributed by atoms with Gasteiger partial charge in [-0.3, -0.25) is 9.48 Å². The van der Waals surface area contributed by atoms with Crippen LogP contribution in [0.3, 0.4) is 0 Å². The second-order valence-electron chi connectivity index (χ2n) is 6.60. The summed E-state index contributed by atoms with van der Waals surface area (Å²) in [6, 6.07) is 1.87. The maximum atomic E-state index is 11.3. The van der Waals surface area contributed by atoms with Crippen molar-refractivity contribution in [3.8, 4) is 11.3 Å². The molecule has 1 saturated carbocycles. The summed E-state index contributed by atoms with van der Waals surface area (Å²) < 4.78 is 3.70. The summed E-state index contributed by atoms with van der Waals surface area (Å²) in [5.41, 5.74) is 2.54. The molecule has 0 spiro atoms. The van der Waals surface area contributed by atoms with E-state index in [9.17, 15) is 9.90 Å². The van der Waals surface area contributed by atoms with Crippen LogP contribution < -0.4 is 0 Å². The normalized spacial score (nSPS) is 16.5. The molecule has 2 atom stereocenters. The molecule has 1 unspecified atom stereocenters. The molecule has 3 heterocycles. The van der Waals surface area contributed by atoms with Crippen molar-refractivity contribution in [1.29, 1.82) is 0 Å². The van der Waals surface area contributed by atoms with E-state index in [2.05, 4.69) is 24.5 Å². The van der Waals surface area contributed by atoms with Crippen LogP contribution in [0.5, 0.6) is 0 Å². The smallest absolute Gasteiger partial charge is 0.305 e. The van der Waals surface area contributed by atoms with Gasteiger partial charge in [-0.05, 0) is 34.2 Å². The first-order valence-electron chi connectivity index (χ1n) is 8.47. The maximum Gasteiger partial charge on any atom is 0.305 e. The number of fused-ring (bicyclic) bond motifs is 1. The van der Waals surface area contributed by atoms with Crippen molar-refractivity contribution in [3.63, 3.8) is 0 Å². The number of carbonyl (C=O) groups is 1. The number of nitrogens with zero attached hydrogens (tertiary/aromatic N) is 5. The zero-order chi connectivity index (χ0) is 17.4. The molecule has 1 fully saturated rings. The first-order chi connectivity index (χ1) is 12.1. The van der Waals surface area contributed by atoms with E-state index in [1.807, 2.05) is 27.5 Å². The van der Waals surface area contributed by atoms with Gasteiger partial charge >= 0.3 is 5.97 Å². The van der Waals surface area contributed by atoms with E-state index in [-0.39, 0.29) is 12.5 Å². The maximum absolute atomic E-state index is 11.3. The summed E-state index contributed by atoms with van der Waals surface area (Å²) in [4.78, 5) is 20.0. The molecule has 0 saturated heterocycles. The highest BCUT2D eigenvalue weighted by Crippen LogP contribution is 2.37. The minimum absolute atomic E-state index is 0.0996. The summed E-state index contributed by atoms with van der Waals surface area (Å²) >= 11 is 0. The molecular weight excluding hydrogens is 337 g/mol. The molecule has 0 aromatic carbocycles. The molecule has 1 aliphatic carbocycles. The number of rotatable bonds is 5. The lowest BCUT2D eigenvalue weighted by molar-refractivity contribution is -0.138. The quantitative estimate of drug-likeness (QED) is 0.709. The lowest BCUT2D eigenvalue weighted by Gasteiger charge is -2.22. The molecule has 1 aliphatic rings. The van der Waals surface area contributed by atoms with Gasteiger partial charge in [0.05, 0.1) is 24.4 Å². The Balaban J connectivity index is 1.71. The van der Waals surface area contributed by atoms with Crippen molar-refractivity contribution in [3.05, 3.63) is 31.0 Å². The van der Waals surface area contributed by atoms with Gasteiger partial charge in [-0.15, -0.1) is 0 Å². The molecule has 3 aromatic heterocycles. The lowest BCUT2D eigenvalue weighted by atomic mass is 9.95. The number of aliphatic carboxylic acids is 1. The van der Waals surface area contributed by atoms with Crippen molar-refractivity contribution in [2.45, 2.75) is 38.1 Å². The van der Waals surface area contributed by atoms with Crippen molar-refractivity contribution in [2.75, 3.05) is 0 Å². The highest BCUT2D eigenvalue weighted by atomic mass is 31.0. The van der Waals surface area contributed by atoms with Crippen molar-refractivity contribution in [1.82, 2.24) is 24.1 Å². The second kappa shape index (κ2) is 6.56. The van der Waals surface area contributed by atoms with Crippen LogP contribution in [0.1, 0.15) is 38.1 Å². The third-order valence-corrected chi connectivity index (χ3v) is 5.47. The Kier molecular flexibility index (Phi) is 4.25. The SMILES string of the molecule is O=C(O)C[C@H](C1CCCC1)n1cc(-c2ncnc3c2ccn3P)cn1. The lowest BCUT2D eigenvalue weighted by Crippen LogP contribution is -2.21. The number of hydrogen-bond acceptors (Lipinski definition) is 4. The minimum atomic E-state index is -0.779. The fourth-order valence-electron chi connectivity index (χ4n) is 3.84. The Labute approximate surface area is 147 Å². The summed E-state index contributed by atoms with van der Waals surface area (Å²) in [5, 5.41) is 14.7. The molecule has 130 valence electrons. The second-order valence-corrected chi connectivity index (χ2v) is 7.16. The van der Waals surface area contributed by atoms with Gasteiger partial charge in [-0.25, -0.2) is 9.97 Å². The van der Waals surface area contributed by atoms with Gasteiger partial charge in [0, 0.05) is 23.3 Å². The van der Waals surface area contributed by atoms with Crippen LogP contribution in [-0.2, 0) is 4.79 Å². The number of carboxylic acid groups (broad SMARTS) is 1. The van der Waals surface area contributed by atoms with E-state index in [1.54, 1.807) is 12.5 Å². The average molecular weight is 357 g/mol. The monoisotopic (exact) mass is 357 g/mol. The van der Waals surface area contributed by atoms with Crippen LogP contribution in [0.4, 0.5) is 0 Å². The Hall–Kier alpha value is -2.27. The van der Waals surface area contributed by atoms with E-state index < -0.39 is 5.97 Å². The topological polar surface area (TPSA) is 85.8 Å². The van der Waals surface area contributed by atoms with Gasteiger partial charge in [0.2, 0.25) is 0 Å². The van der Waals surface area contributed by atoms with Crippen LogP contribution in [0.15, 0.2) is 31.0 Å². The predicted molar refractivity (Wildman–Crippen MR) is 97.1 cm³/mol. The summed E-state index contributed by atoms with van der Waals surface area (Å²) in [6.45, 7) is 0. The largest absolute Gasteiger partial charge is 0.481 e. The van der Waals surface area contributed by atoms with E-state index in [0.717, 1.165) is 35.1 Å². The first kappa shape index (κ1) is 16.2. The molecule has 8 heteroatoms. The summed E-state index contributed by atoms with van der Waals surface area (Å²) in [6.07, 6.45) is 11.7. The molecular formula is C17H20N5O2P. The first-order valence-corrected chi connectivity index (χ1v) is 8.98. The Morgan fingerprint density at radius 1 is 1.36 bits per heavy atom. The summed E-state index contributed by atoms with van der Waals surface area (Å²) in [7, 11) is 2.60. The van der Waals surface area contributed by atoms with E-state index in [4.69, 9.17) is 0 Å². The number of hydrogen-bond donors (Lipinski definition) is 1. The average Bonchev–Trinajstić information content (AvgIpc) is 3.34. The van der Waals surface area contributed by atoms with Crippen LogP contribution >= 0.6 is 9.39 Å². The van der Waals surface area contributed by atoms with Crippen LogP contribution in [0.25, 0.3) is 22.3 Å². The molecule has 25 heavy (non-hydrogen) atoms. The van der Waals surface area contributed by atoms with E-state index in [1.165, 1.54) is 12.8 Å². The van der Waals surface area contributed by atoms with Gasteiger partial charge in [-0.2, -0.15) is 5.10 Å². The number of aromatic nitrogens is 5. The summed E-state index contributed by atoms with van der Waals surface area (Å²) in [5.74, 6) is -0.402. The molecule has 0 amide bonds. The molecule has 0 radical (unpaired) electrons. The van der Waals surface area contributed by atoms with Gasteiger partial charge in [0.1, 0.15) is 12.0 Å². The zero-order valence-electron chi connectivity index (χ0n) is 13.7. The minimum Gasteiger partial charge on any atom is -0.481 e. The van der Waals surface area contributed by atoms with Crippen molar-refractivity contribution < 1.29 is 9.90 Å². The third-order valence-electron chi connectivity index (χ3n) is 5.05. The van der Waals surface area contributed by atoms with Crippen LogP contribution in [0.2, 0.25) is 0 Å². The molecule has 4 rings (SSSR count). The highest BCUT2D eigenvalue weighted by Gasteiger charge is 2.29. The highest BCUT2D eigenvalue weighted by molar-refractivity contribution is 7.14. The van der Waals surface area contributed by atoms with Crippen LogP contribution in [-0.4, -0.2) is 35.2 Å². The van der Waals surface area contributed by atoms with Gasteiger partial charge in [0.15, 0.2) is 0 Å². The van der Waals surface area contributed by atoms with E-state index >= 15 is 0 Å². The number of carboxylic acids is 1. The predicted octanol–water partition coefficient (Wildman–Crippen LogP) is 3.14. The fraction of sp³-hybridized carbons (Fsp3) is 0.412. The third kappa shape index (κ3) is 3.04. The van der Waals surface area contributed by atoms with Gasteiger partial charge in [-0.1, -0.05) is 12.8 Å². The zero-order valence-corrected chi connectivity index (χ0v) is 14.9. The van der Waals surface area contributed by atoms with Gasteiger partial charge in [0.25, 0.3) is 0 Å². The Morgan fingerprint density at radius 3 is 2.92 bits per heavy atom. The fourth-order valence-corrected chi connectivity index (χ4v) is 4.13. The Bertz CT molecular complexity index is 913. The molecule has 0 bridgehead atoms. The molecule has 7 nitrogen and oxygen atoms in total. The molecule has 0 aliphatic heterocycles. The van der Waals surface area contributed by atoms with E-state index in [0.29, 0.717) is 5.92 Å². The molecule has 3 aromatic rings. The van der Waals surface area contributed by atoms with Crippen molar-refractivity contribution in [2.24, 2.45) is 5.92 Å². The van der Waals surface area contributed by atoms with Crippen molar-refractivity contribution >= 4 is 26.4 Å².